The van der Waals surface area contributed by atoms with Crippen molar-refractivity contribution in [1.82, 2.24) is 10.6 Å². The van der Waals surface area contributed by atoms with Gasteiger partial charge in [-0.25, -0.2) is 0 Å². The van der Waals surface area contributed by atoms with Crippen LogP contribution in [0.3, 0.4) is 0 Å². The Kier molecular flexibility index (Phi) is 2.77. The zero-order valence-corrected chi connectivity index (χ0v) is 9.05. The zero-order valence-electron chi connectivity index (χ0n) is 9.05. The van der Waals surface area contributed by atoms with E-state index in [0.29, 0.717) is 18.1 Å². The maximum atomic E-state index is 11.5. The lowest BCUT2D eigenvalue weighted by Gasteiger charge is -2.30. The number of nitrogens with one attached hydrogen (secondary N) is 2. The molecule has 2 aliphatic heterocycles. The predicted molar refractivity (Wildman–Crippen MR) is 55.9 cm³/mol. The predicted octanol–water partition coefficient (Wildman–Crippen LogP) is 1.04. The molecule has 0 aromatic rings. The minimum atomic E-state index is 0.113. The van der Waals surface area contributed by atoms with Gasteiger partial charge in [-0.15, -0.1) is 0 Å². The van der Waals surface area contributed by atoms with Gasteiger partial charge in [0.25, 0.3) is 0 Å². The Morgan fingerprint density at radius 3 is 2.36 bits per heavy atom. The molecular weight excluding hydrogens is 176 g/mol. The number of fused-ring (bicyclic) bond motifs is 2. The molecule has 0 aromatic heterocycles. The molecule has 0 aromatic carbocycles. The Bertz CT molecular complexity index is 215. The molecule has 2 bridgehead atoms. The maximum Gasteiger partial charge on any atom is 0.222 e. The van der Waals surface area contributed by atoms with Crippen molar-refractivity contribution in [2.45, 2.75) is 57.7 Å². The molecule has 2 fully saturated rings. The second kappa shape index (κ2) is 3.89. The summed E-state index contributed by atoms with van der Waals surface area (Å²) in [5.74, 6) is 0.318. The molecule has 80 valence electrons. The third-order valence-electron chi connectivity index (χ3n) is 3.34. The van der Waals surface area contributed by atoms with Gasteiger partial charge >= 0.3 is 0 Å². The highest BCUT2D eigenvalue weighted by molar-refractivity contribution is 5.78. The fraction of sp³-hybridized carbons (Fsp3) is 0.909. The van der Waals surface area contributed by atoms with Crippen molar-refractivity contribution >= 4 is 5.91 Å². The summed E-state index contributed by atoms with van der Waals surface area (Å²) in [6.07, 6.45) is 4.82. The fourth-order valence-corrected chi connectivity index (χ4v) is 2.54. The second-order valence-corrected chi connectivity index (χ2v) is 4.97. The number of hydrogen-bond donors (Lipinski definition) is 2. The van der Waals surface area contributed by atoms with Crippen molar-refractivity contribution in [2.75, 3.05) is 0 Å². The van der Waals surface area contributed by atoms with E-state index in [0.717, 1.165) is 12.8 Å². The highest BCUT2D eigenvalue weighted by atomic mass is 16.1. The van der Waals surface area contributed by atoms with Crippen molar-refractivity contribution in [3.05, 3.63) is 0 Å². The van der Waals surface area contributed by atoms with E-state index in [1.165, 1.54) is 12.8 Å². The van der Waals surface area contributed by atoms with Crippen molar-refractivity contribution in [3.8, 4) is 0 Å². The molecule has 2 rings (SSSR count). The number of hydrogen-bond acceptors (Lipinski definition) is 2. The third kappa shape index (κ3) is 2.08. The zero-order chi connectivity index (χ0) is 10.1. The first kappa shape index (κ1) is 9.97. The normalized spacial score (nSPS) is 36.1. The highest BCUT2D eigenvalue weighted by Crippen LogP contribution is 2.26. The SMILES string of the molecule is CC(C)C(=O)NC1C[C@H]2CC[C@@H](C1)N2. The van der Waals surface area contributed by atoms with E-state index in [9.17, 15) is 4.79 Å². The fourth-order valence-electron chi connectivity index (χ4n) is 2.54. The van der Waals surface area contributed by atoms with Crippen LogP contribution >= 0.6 is 0 Å². The molecular formula is C11H20N2O. The molecule has 0 aliphatic carbocycles. The van der Waals surface area contributed by atoms with E-state index in [4.69, 9.17) is 0 Å². The van der Waals surface area contributed by atoms with Gasteiger partial charge in [-0.3, -0.25) is 4.79 Å². The topological polar surface area (TPSA) is 41.1 Å². The third-order valence-corrected chi connectivity index (χ3v) is 3.34. The van der Waals surface area contributed by atoms with Gasteiger partial charge in [0, 0.05) is 24.0 Å². The Balaban J connectivity index is 1.85. The number of rotatable bonds is 2. The Morgan fingerprint density at radius 1 is 1.29 bits per heavy atom. The van der Waals surface area contributed by atoms with E-state index in [1.54, 1.807) is 0 Å². The molecule has 3 nitrogen and oxygen atoms in total. The quantitative estimate of drug-likeness (QED) is 0.693. The van der Waals surface area contributed by atoms with E-state index in [1.807, 2.05) is 13.8 Å². The Morgan fingerprint density at radius 2 is 1.86 bits per heavy atom. The van der Waals surface area contributed by atoms with E-state index in [-0.39, 0.29) is 11.8 Å². The molecule has 3 atom stereocenters. The lowest BCUT2D eigenvalue weighted by molar-refractivity contribution is -0.124. The van der Waals surface area contributed by atoms with Gasteiger partial charge in [0.2, 0.25) is 5.91 Å². The van der Waals surface area contributed by atoms with E-state index in [2.05, 4.69) is 10.6 Å². The molecule has 2 heterocycles. The van der Waals surface area contributed by atoms with Crippen LogP contribution in [-0.4, -0.2) is 24.0 Å². The lowest BCUT2D eigenvalue weighted by Crippen LogP contribution is -2.48. The summed E-state index contributed by atoms with van der Waals surface area (Å²) in [5.41, 5.74) is 0. The number of amides is 1. The van der Waals surface area contributed by atoms with Crippen molar-refractivity contribution in [1.29, 1.82) is 0 Å². The van der Waals surface area contributed by atoms with Gasteiger partial charge in [-0.05, 0) is 25.7 Å². The summed E-state index contributed by atoms with van der Waals surface area (Å²) in [4.78, 5) is 11.5. The minimum Gasteiger partial charge on any atom is -0.353 e. The first-order valence-electron chi connectivity index (χ1n) is 5.71. The average molecular weight is 196 g/mol. The van der Waals surface area contributed by atoms with Crippen LogP contribution in [-0.2, 0) is 4.79 Å². The lowest BCUT2D eigenvalue weighted by atomic mass is 9.99. The van der Waals surface area contributed by atoms with Crippen LogP contribution in [0, 0.1) is 5.92 Å². The molecule has 14 heavy (non-hydrogen) atoms. The molecule has 1 unspecified atom stereocenters. The first-order chi connectivity index (χ1) is 6.65. The van der Waals surface area contributed by atoms with Gasteiger partial charge < -0.3 is 10.6 Å². The van der Waals surface area contributed by atoms with Gasteiger partial charge in [-0.2, -0.15) is 0 Å². The van der Waals surface area contributed by atoms with Crippen molar-refractivity contribution in [2.24, 2.45) is 5.92 Å². The summed E-state index contributed by atoms with van der Waals surface area (Å²) in [6, 6.07) is 1.74. The average Bonchev–Trinajstić information content (AvgIpc) is 2.45. The summed E-state index contributed by atoms with van der Waals surface area (Å²) in [5, 5.41) is 6.71. The summed E-state index contributed by atoms with van der Waals surface area (Å²) in [6.45, 7) is 3.90. The molecule has 0 radical (unpaired) electrons. The van der Waals surface area contributed by atoms with Gasteiger partial charge in [-0.1, -0.05) is 13.8 Å². The highest BCUT2D eigenvalue weighted by Gasteiger charge is 2.34. The maximum absolute atomic E-state index is 11.5. The largest absolute Gasteiger partial charge is 0.353 e. The van der Waals surface area contributed by atoms with Crippen LogP contribution in [0.15, 0.2) is 0 Å². The minimum absolute atomic E-state index is 0.113. The van der Waals surface area contributed by atoms with Crippen LogP contribution in [0.4, 0.5) is 0 Å². The van der Waals surface area contributed by atoms with Crippen LogP contribution in [0.1, 0.15) is 39.5 Å². The van der Waals surface area contributed by atoms with Crippen LogP contribution in [0.2, 0.25) is 0 Å². The van der Waals surface area contributed by atoms with Crippen molar-refractivity contribution in [3.63, 3.8) is 0 Å². The van der Waals surface area contributed by atoms with Gasteiger partial charge in [0.05, 0.1) is 0 Å². The molecule has 0 saturated carbocycles. The number of piperidine rings is 1. The number of carbonyl (C=O) groups excluding carboxylic acids is 1. The molecule has 2 saturated heterocycles. The Hall–Kier alpha value is -0.570. The molecule has 0 spiro atoms. The van der Waals surface area contributed by atoms with Crippen LogP contribution < -0.4 is 10.6 Å². The summed E-state index contributed by atoms with van der Waals surface area (Å²) < 4.78 is 0. The molecule has 3 heteroatoms. The molecule has 1 amide bonds. The second-order valence-electron chi connectivity index (χ2n) is 4.97. The smallest absolute Gasteiger partial charge is 0.222 e. The summed E-state index contributed by atoms with van der Waals surface area (Å²) >= 11 is 0. The van der Waals surface area contributed by atoms with Gasteiger partial charge in [0.1, 0.15) is 0 Å². The van der Waals surface area contributed by atoms with E-state index < -0.39 is 0 Å². The first-order valence-corrected chi connectivity index (χ1v) is 5.71. The standard InChI is InChI=1S/C11H20N2O/c1-7(2)11(14)13-10-5-8-3-4-9(6-10)12-8/h7-10,12H,3-6H2,1-2H3,(H,13,14)/t8-,9+,10?. The number of carbonyl (C=O) groups is 1. The van der Waals surface area contributed by atoms with Crippen LogP contribution in [0.25, 0.3) is 0 Å². The molecule has 2 aliphatic rings. The van der Waals surface area contributed by atoms with Crippen LogP contribution in [0.5, 0.6) is 0 Å². The molecule has 2 N–H and O–H groups in total. The van der Waals surface area contributed by atoms with E-state index >= 15 is 0 Å². The van der Waals surface area contributed by atoms with Crippen molar-refractivity contribution < 1.29 is 4.79 Å². The summed E-state index contributed by atoms with van der Waals surface area (Å²) in [7, 11) is 0. The van der Waals surface area contributed by atoms with Gasteiger partial charge in [0.15, 0.2) is 0 Å². The Labute approximate surface area is 85.6 Å². The monoisotopic (exact) mass is 196 g/mol.